The number of anilines is 1. The molecule has 2 heterocycles. The third-order valence-corrected chi connectivity index (χ3v) is 6.29. The Hall–Kier alpha value is -4.55. The van der Waals surface area contributed by atoms with Crippen molar-refractivity contribution < 1.29 is 33.3 Å². The molecule has 12 nitrogen and oxygen atoms in total. The van der Waals surface area contributed by atoms with Gasteiger partial charge in [0, 0.05) is 25.2 Å². The van der Waals surface area contributed by atoms with E-state index in [1.165, 1.54) is 17.8 Å². The number of rotatable bonds is 10. The zero-order chi connectivity index (χ0) is 28.6. The number of nitrogens with one attached hydrogen (secondary N) is 1. The average Bonchev–Trinajstić information content (AvgIpc) is 3.30. The molecule has 4 atom stereocenters. The van der Waals surface area contributed by atoms with Crippen molar-refractivity contribution in [1.29, 1.82) is 0 Å². The molecule has 1 aliphatic heterocycles. The summed E-state index contributed by atoms with van der Waals surface area (Å²) in [5.74, 6) is -1.51. The van der Waals surface area contributed by atoms with Crippen molar-refractivity contribution in [2.45, 2.75) is 37.9 Å². The van der Waals surface area contributed by atoms with Gasteiger partial charge in [-0.25, -0.2) is 14.4 Å². The molecule has 4 rings (SSSR count). The topological polar surface area (TPSA) is 161 Å². The van der Waals surface area contributed by atoms with Gasteiger partial charge in [0.2, 0.25) is 5.91 Å². The summed E-state index contributed by atoms with van der Waals surface area (Å²) >= 11 is 0. The van der Waals surface area contributed by atoms with E-state index in [2.05, 4.69) is 10.3 Å². The van der Waals surface area contributed by atoms with E-state index in [0.717, 1.165) is 0 Å². The van der Waals surface area contributed by atoms with Crippen molar-refractivity contribution in [3.63, 3.8) is 0 Å². The standard InChI is InChI=1S/C28H30N4O8/c1-17-15-32(28(36)31-24(17)29)25-23(37-14-13-21(33)30-2)22(40-27(35)19-11-7-4-8-12-19)20(39-25)16-38-26(34)18-9-5-3-6-10-18/h3-12,15,20,22-23,25H,13-14,16H2,1-2H3,(H,30,33)(H2,29,31,36)/t20-,22-,23-,25-/m1/s1. The lowest BCUT2D eigenvalue weighted by atomic mass is 10.1. The van der Waals surface area contributed by atoms with Crippen LogP contribution in [0.2, 0.25) is 0 Å². The number of nitrogens with two attached hydrogens (primary N) is 1. The lowest BCUT2D eigenvalue weighted by Gasteiger charge is -2.25. The Bertz CT molecular complexity index is 1400. The van der Waals surface area contributed by atoms with Gasteiger partial charge in [0.15, 0.2) is 12.3 Å². The van der Waals surface area contributed by atoms with E-state index in [9.17, 15) is 19.2 Å². The number of aryl methyl sites for hydroxylation is 1. The summed E-state index contributed by atoms with van der Waals surface area (Å²) in [6.07, 6.45) is -2.91. The van der Waals surface area contributed by atoms with Crippen LogP contribution >= 0.6 is 0 Å². The number of nitrogens with zero attached hydrogens (tertiary/aromatic N) is 2. The summed E-state index contributed by atoms with van der Waals surface area (Å²) < 4.78 is 24.7. The van der Waals surface area contributed by atoms with E-state index in [0.29, 0.717) is 11.1 Å². The molecule has 1 amide bonds. The first-order valence-electron chi connectivity index (χ1n) is 12.6. The first-order chi connectivity index (χ1) is 19.3. The summed E-state index contributed by atoms with van der Waals surface area (Å²) in [5, 5.41) is 2.51. The number of nitrogen functional groups attached to an aromatic ring is 1. The minimum atomic E-state index is -1.14. The van der Waals surface area contributed by atoms with Crippen LogP contribution in [0.15, 0.2) is 71.7 Å². The predicted molar refractivity (Wildman–Crippen MR) is 142 cm³/mol. The number of amides is 1. The third-order valence-electron chi connectivity index (χ3n) is 6.29. The molecule has 0 aliphatic carbocycles. The number of hydrogen-bond acceptors (Lipinski definition) is 10. The summed E-state index contributed by atoms with van der Waals surface area (Å²) in [5.41, 5.74) is 6.19. The number of carbonyl (C=O) groups excluding carboxylic acids is 3. The first-order valence-corrected chi connectivity index (χ1v) is 12.6. The second-order valence-corrected chi connectivity index (χ2v) is 9.02. The van der Waals surface area contributed by atoms with Crippen LogP contribution in [0.25, 0.3) is 0 Å². The van der Waals surface area contributed by atoms with Gasteiger partial charge in [-0.15, -0.1) is 0 Å². The monoisotopic (exact) mass is 550 g/mol. The van der Waals surface area contributed by atoms with Gasteiger partial charge >= 0.3 is 17.6 Å². The van der Waals surface area contributed by atoms with Crippen LogP contribution in [-0.2, 0) is 23.7 Å². The lowest BCUT2D eigenvalue weighted by molar-refractivity contribution is -0.124. The molecule has 0 unspecified atom stereocenters. The maximum absolute atomic E-state index is 13.1. The highest BCUT2D eigenvalue weighted by atomic mass is 16.6. The lowest BCUT2D eigenvalue weighted by Crippen LogP contribution is -2.42. The molecule has 2 aromatic carbocycles. The van der Waals surface area contributed by atoms with Gasteiger partial charge in [0.1, 0.15) is 24.6 Å². The normalized spacial score (nSPS) is 20.1. The number of aromatic nitrogens is 2. The number of ether oxygens (including phenoxy) is 4. The van der Waals surface area contributed by atoms with Crippen molar-refractivity contribution in [3.8, 4) is 0 Å². The average molecular weight is 551 g/mol. The van der Waals surface area contributed by atoms with Crippen molar-refractivity contribution in [2.75, 3.05) is 26.0 Å². The van der Waals surface area contributed by atoms with E-state index in [4.69, 9.17) is 24.7 Å². The maximum atomic E-state index is 13.1. The van der Waals surface area contributed by atoms with E-state index in [1.54, 1.807) is 67.6 Å². The second-order valence-electron chi connectivity index (χ2n) is 9.02. The summed E-state index contributed by atoms with van der Waals surface area (Å²) in [4.78, 5) is 54.3. The Labute approximate surface area is 230 Å². The van der Waals surface area contributed by atoms with Gasteiger partial charge in [0.05, 0.1) is 17.7 Å². The van der Waals surface area contributed by atoms with Crippen LogP contribution in [0.4, 0.5) is 5.82 Å². The third kappa shape index (κ3) is 6.71. The van der Waals surface area contributed by atoms with Crippen molar-refractivity contribution in [1.82, 2.24) is 14.9 Å². The number of carbonyl (C=O) groups is 3. The molecule has 12 heteroatoms. The fourth-order valence-electron chi connectivity index (χ4n) is 4.14. The zero-order valence-corrected chi connectivity index (χ0v) is 22.0. The van der Waals surface area contributed by atoms with E-state index < -0.39 is 42.2 Å². The molecule has 0 spiro atoms. The smallest absolute Gasteiger partial charge is 0.351 e. The van der Waals surface area contributed by atoms with Crippen LogP contribution in [0.1, 0.15) is 38.9 Å². The molecule has 1 aliphatic rings. The molecule has 0 saturated carbocycles. The predicted octanol–water partition coefficient (Wildman–Crippen LogP) is 1.64. The van der Waals surface area contributed by atoms with Gasteiger partial charge in [0.25, 0.3) is 0 Å². The number of esters is 2. The zero-order valence-electron chi connectivity index (χ0n) is 22.0. The minimum absolute atomic E-state index is 0.000641. The molecule has 0 bridgehead atoms. The van der Waals surface area contributed by atoms with Gasteiger partial charge in [-0.1, -0.05) is 36.4 Å². The van der Waals surface area contributed by atoms with Crippen LogP contribution in [0, 0.1) is 6.92 Å². The van der Waals surface area contributed by atoms with E-state index in [1.807, 2.05) is 0 Å². The van der Waals surface area contributed by atoms with Crippen LogP contribution in [0.5, 0.6) is 0 Å². The van der Waals surface area contributed by atoms with Gasteiger partial charge in [-0.2, -0.15) is 4.98 Å². The summed E-state index contributed by atoms with van der Waals surface area (Å²) in [6, 6.07) is 16.6. The van der Waals surface area contributed by atoms with Crippen molar-refractivity contribution in [3.05, 3.63) is 94.0 Å². The van der Waals surface area contributed by atoms with Gasteiger partial charge in [-0.3, -0.25) is 9.36 Å². The van der Waals surface area contributed by atoms with Gasteiger partial charge < -0.3 is 30.0 Å². The highest BCUT2D eigenvalue weighted by Gasteiger charge is 2.50. The minimum Gasteiger partial charge on any atom is -0.459 e. The Balaban J connectivity index is 1.66. The van der Waals surface area contributed by atoms with Crippen LogP contribution in [0.3, 0.4) is 0 Å². The van der Waals surface area contributed by atoms with Crippen molar-refractivity contribution >= 4 is 23.7 Å². The van der Waals surface area contributed by atoms with Crippen LogP contribution in [-0.4, -0.2) is 66.0 Å². The molecule has 1 saturated heterocycles. The molecular weight excluding hydrogens is 520 g/mol. The molecule has 1 aromatic heterocycles. The van der Waals surface area contributed by atoms with E-state index >= 15 is 0 Å². The van der Waals surface area contributed by atoms with Gasteiger partial charge in [-0.05, 0) is 31.2 Å². The Kier molecular flexibility index (Phi) is 9.25. The van der Waals surface area contributed by atoms with Crippen LogP contribution < -0.4 is 16.7 Å². The molecular formula is C28H30N4O8. The summed E-state index contributed by atoms with van der Waals surface area (Å²) in [6.45, 7) is 1.28. The Morgan fingerprint density at radius 1 is 1.00 bits per heavy atom. The number of hydrogen-bond donors (Lipinski definition) is 2. The second kappa shape index (κ2) is 13.0. The fraction of sp³-hybridized carbons (Fsp3) is 0.321. The SMILES string of the molecule is CNC(=O)CCO[C@@H]1[C@H](OC(=O)c2ccccc2)[C@@H](COC(=O)c2ccccc2)O[C@H]1n1cc(C)c(N)nc1=O. The summed E-state index contributed by atoms with van der Waals surface area (Å²) in [7, 11) is 1.49. The van der Waals surface area contributed by atoms with E-state index in [-0.39, 0.29) is 36.9 Å². The largest absolute Gasteiger partial charge is 0.459 e. The Morgan fingerprint density at radius 3 is 2.25 bits per heavy atom. The first kappa shape index (κ1) is 28.5. The highest BCUT2D eigenvalue weighted by Crippen LogP contribution is 2.34. The molecule has 40 heavy (non-hydrogen) atoms. The molecule has 1 fully saturated rings. The molecule has 0 radical (unpaired) electrons. The molecule has 3 N–H and O–H groups in total. The Morgan fingerprint density at radius 2 is 1.62 bits per heavy atom. The fourth-order valence-corrected chi connectivity index (χ4v) is 4.14. The highest BCUT2D eigenvalue weighted by molar-refractivity contribution is 5.90. The molecule has 3 aromatic rings. The maximum Gasteiger partial charge on any atom is 0.351 e. The quantitative estimate of drug-likeness (QED) is 0.355. The molecule has 210 valence electrons. The van der Waals surface area contributed by atoms with Crippen molar-refractivity contribution in [2.24, 2.45) is 0 Å². The number of benzene rings is 2.